The lowest BCUT2D eigenvalue weighted by Gasteiger charge is -2.20. The molecule has 0 saturated carbocycles. The van der Waals surface area contributed by atoms with Crippen LogP contribution in [0.2, 0.25) is 5.02 Å². The van der Waals surface area contributed by atoms with Gasteiger partial charge >= 0.3 is 0 Å². The Hall–Kier alpha value is -1.06. The van der Waals surface area contributed by atoms with Crippen LogP contribution in [0.1, 0.15) is 24.9 Å². The summed E-state index contributed by atoms with van der Waals surface area (Å²) in [4.78, 5) is 0. The van der Waals surface area contributed by atoms with Gasteiger partial charge in [-0.05, 0) is 36.2 Å². The molecule has 0 spiro atoms. The highest BCUT2D eigenvalue weighted by Gasteiger charge is 2.14. The summed E-state index contributed by atoms with van der Waals surface area (Å²) < 4.78 is 14.8. The highest BCUT2D eigenvalue weighted by molar-refractivity contribution is 9.10. The molecular formula is C15H14BrClFN. The van der Waals surface area contributed by atoms with Gasteiger partial charge in [-0.25, -0.2) is 4.39 Å². The standard InChI is InChI=1S/C15H14BrClFN/c1-2-14(10-5-3-6-11(16)9-10)19-15-12(17)7-4-8-13(15)18/h3-9,14,19H,2H2,1H3. The summed E-state index contributed by atoms with van der Waals surface area (Å²) in [6.45, 7) is 2.05. The number of nitrogens with one attached hydrogen (secondary N) is 1. The van der Waals surface area contributed by atoms with E-state index in [0.29, 0.717) is 10.7 Å². The van der Waals surface area contributed by atoms with Crippen LogP contribution in [0.15, 0.2) is 46.9 Å². The highest BCUT2D eigenvalue weighted by atomic mass is 79.9. The molecule has 1 N–H and O–H groups in total. The third-order valence-corrected chi connectivity index (χ3v) is 3.75. The average molecular weight is 343 g/mol. The lowest BCUT2D eigenvalue weighted by atomic mass is 10.0. The first-order chi connectivity index (χ1) is 9.11. The predicted octanol–water partition coefficient (Wildman–Crippen LogP) is 5.80. The zero-order chi connectivity index (χ0) is 13.8. The van der Waals surface area contributed by atoms with Crippen molar-refractivity contribution in [2.24, 2.45) is 0 Å². The SMILES string of the molecule is CCC(Nc1c(F)cccc1Cl)c1cccc(Br)c1. The number of hydrogen-bond donors (Lipinski definition) is 1. The van der Waals surface area contributed by atoms with Gasteiger partial charge in [-0.2, -0.15) is 0 Å². The Morgan fingerprint density at radius 3 is 2.63 bits per heavy atom. The molecule has 0 radical (unpaired) electrons. The lowest BCUT2D eigenvalue weighted by molar-refractivity contribution is 0.624. The fourth-order valence-corrected chi connectivity index (χ4v) is 2.59. The molecule has 2 aromatic rings. The van der Waals surface area contributed by atoms with Gasteiger partial charge in [-0.3, -0.25) is 0 Å². The third-order valence-electron chi connectivity index (χ3n) is 2.94. The fraction of sp³-hybridized carbons (Fsp3) is 0.200. The zero-order valence-electron chi connectivity index (χ0n) is 10.5. The van der Waals surface area contributed by atoms with Crippen molar-refractivity contribution in [3.05, 3.63) is 63.3 Å². The molecule has 0 aliphatic heterocycles. The summed E-state index contributed by atoms with van der Waals surface area (Å²) in [5.74, 6) is -0.332. The Balaban J connectivity index is 2.29. The summed E-state index contributed by atoms with van der Waals surface area (Å²) in [6, 6.07) is 12.7. The molecule has 4 heteroatoms. The van der Waals surface area contributed by atoms with Crippen LogP contribution in [0.3, 0.4) is 0 Å². The largest absolute Gasteiger partial charge is 0.375 e. The van der Waals surface area contributed by atoms with Crippen LogP contribution in [-0.4, -0.2) is 0 Å². The van der Waals surface area contributed by atoms with Crippen LogP contribution in [-0.2, 0) is 0 Å². The Morgan fingerprint density at radius 1 is 1.26 bits per heavy atom. The summed E-state index contributed by atoms with van der Waals surface area (Å²) in [6.07, 6.45) is 0.834. The van der Waals surface area contributed by atoms with Gasteiger partial charge in [0.05, 0.1) is 16.8 Å². The molecule has 0 aliphatic carbocycles. The topological polar surface area (TPSA) is 12.0 Å². The van der Waals surface area contributed by atoms with Crippen molar-refractivity contribution in [1.29, 1.82) is 0 Å². The first-order valence-electron chi connectivity index (χ1n) is 6.08. The van der Waals surface area contributed by atoms with Crippen molar-refractivity contribution >= 4 is 33.2 Å². The zero-order valence-corrected chi connectivity index (χ0v) is 12.8. The normalized spacial score (nSPS) is 12.2. The molecule has 0 heterocycles. The second-order valence-electron chi connectivity index (χ2n) is 4.26. The Kier molecular flexibility index (Phi) is 4.83. The molecule has 2 rings (SSSR count). The Bertz CT molecular complexity index is 554. The minimum atomic E-state index is -0.332. The van der Waals surface area contributed by atoms with Gasteiger partial charge in [-0.1, -0.05) is 52.7 Å². The van der Waals surface area contributed by atoms with Crippen molar-refractivity contribution in [2.75, 3.05) is 5.32 Å². The van der Waals surface area contributed by atoms with Crippen molar-refractivity contribution in [3.8, 4) is 0 Å². The van der Waals surface area contributed by atoms with Gasteiger partial charge in [0.15, 0.2) is 0 Å². The van der Waals surface area contributed by atoms with Crippen LogP contribution in [0.5, 0.6) is 0 Å². The summed E-state index contributed by atoms with van der Waals surface area (Å²) in [5, 5.41) is 3.58. The molecule has 1 nitrogen and oxygen atoms in total. The lowest BCUT2D eigenvalue weighted by Crippen LogP contribution is -2.11. The van der Waals surface area contributed by atoms with Crippen LogP contribution in [0.25, 0.3) is 0 Å². The van der Waals surface area contributed by atoms with E-state index >= 15 is 0 Å². The smallest absolute Gasteiger partial charge is 0.147 e. The molecule has 1 atom stereocenters. The van der Waals surface area contributed by atoms with Gasteiger partial charge in [0.2, 0.25) is 0 Å². The summed E-state index contributed by atoms with van der Waals surface area (Å²) >= 11 is 9.48. The summed E-state index contributed by atoms with van der Waals surface area (Å²) in [7, 11) is 0. The van der Waals surface area contributed by atoms with Crippen molar-refractivity contribution in [3.63, 3.8) is 0 Å². The molecular weight excluding hydrogens is 329 g/mol. The van der Waals surface area contributed by atoms with E-state index < -0.39 is 0 Å². The number of rotatable bonds is 4. The van der Waals surface area contributed by atoms with Crippen molar-refractivity contribution in [2.45, 2.75) is 19.4 Å². The molecule has 0 bridgehead atoms. The van der Waals surface area contributed by atoms with Crippen LogP contribution < -0.4 is 5.32 Å². The quantitative estimate of drug-likeness (QED) is 0.740. The maximum Gasteiger partial charge on any atom is 0.147 e. The van der Waals surface area contributed by atoms with E-state index in [9.17, 15) is 4.39 Å². The maximum absolute atomic E-state index is 13.8. The molecule has 100 valence electrons. The van der Waals surface area contributed by atoms with Crippen molar-refractivity contribution in [1.82, 2.24) is 0 Å². The molecule has 19 heavy (non-hydrogen) atoms. The van der Waals surface area contributed by atoms with E-state index in [1.165, 1.54) is 6.07 Å². The molecule has 0 amide bonds. The first-order valence-corrected chi connectivity index (χ1v) is 7.25. The molecule has 0 aliphatic rings. The Morgan fingerprint density at radius 2 is 2.00 bits per heavy atom. The first kappa shape index (κ1) is 14.4. The van der Waals surface area contributed by atoms with Crippen LogP contribution >= 0.6 is 27.5 Å². The fourth-order valence-electron chi connectivity index (χ4n) is 1.95. The monoisotopic (exact) mass is 341 g/mol. The van der Waals surface area contributed by atoms with Gasteiger partial charge in [-0.15, -0.1) is 0 Å². The molecule has 2 aromatic carbocycles. The van der Waals surface area contributed by atoms with E-state index in [-0.39, 0.29) is 11.9 Å². The van der Waals surface area contributed by atoms with Crippen molar-refractivity contribution < 1.29 is 4.39 Å². The molecule has 0 fully saturated rings. The highest BCUT2D eigenvalue weighted by Crippen LogP contribution is 2.30. The van der Waals surface area contributed by atoms with E-state index in [0.717, 1.165) is 16.5 Å². The van der Waals surface area contributed by atoms with E-state index in [4.69, 9.17) is 11.6 Å². The van der Waals surface area contributed by atoms with Gasteiger partial charge in [0.25, 0.3) is 0 Å². The number of benzene rings is 2. The number of halogens is 3. The maximum atomic E-state index is 13.8. The minimum Gasteiger partial charge on any atom is -0.375 e. The second-order valence-corrected chi connectivity index (χ2v) is 5.58. The van der Waals surface area contributed by atoms with E-state index in [1.807, 2.05) is 31.2 Å². The Labute approximate surface area is 125 Å². The molecule has 0 aromatic heterocycles. The van der Waals surface area contributed by atoms with Gasteiger partial charge in [0.1, 0.15) is 5.82 Å². The molecule has 0 saturated heterocycles. The number of hydrogen-bond acceptors (Lipinski definition) is 1. The van der Waals surface area contributed by atoms with Crippen LogP contribution in [0.4, 0.5) is 10.1 Å². The van der Waals surface area contributed by atoms with Crippen LogP contribution in [0, 0.1) is 5.82 Å². The van der Waals surface area contributed by atoms with E-state index in [1.54, 1.807) is 12.1 Å². The number of anilines is 1. The minimum absolute atomic E-state index is 0.0203. The molecule has 1 unspecified atom stereocenters. The van der Waals surface area contributed by atoms with Gasteiger partial charge in [0, 0.05) is 4.47 Å². The second kappa shape index (κ2) is 6.40. The predicted molar refractivity (Wildman–Crippen MR) is 82.2 cm³/mol. The number of para-hydroxylation sites is 1. The van der Waals surface area contributed by atoms with Gasteiger partial charge < -0.3 is 5.32 Å². The summed E-state index contributed by atoms with van der Waals surface area (Å²) in [5.41, 5.74) is 1.45. The average Bonchev–Trinajstić information content (AvgIpc) is 2.38. The van der Waals surface area contributed by atoms with E-state index in [2.05, 4.69) is 21.2 Å². The third kappa shape index (κ3) is 3.48.